The number of nitrogens with one attached hydrogen (secondary N) is 1. The molecule has 0 saturated heterocycles. The van der Waals surface area contributed by atoms with Crippen molar-refractivity contribution < 1.29 is 4.39 Å². The van der Waals surface area contributed by atoms with Crippen LogP contribution < -0.4 is 11.1 Å². The number of anilines is 2. The summed E-state index contributed by atoms with van der Waals surface area (Å²) in [4.78, 5) is 7.44. The average Bonchev–Trinajstić information content (AvgIpc) is 2.58. The Bertz CT molecular complexity index is 355. The lowest BCUT2D eigenvalue weighted by Gasteiger charge is -2.18. The van der Waals surface area contributed by atoms with Crippen molar-refractivity contribution in [2.24, 2.45) is 5.92 Å². The molecular formula is C10H15FN4. The first-order chi connectivity index (χ1) is 7.16. The number of rotatable bonds is 2. The minimum Gasteiger partial charge on any atom is -0.368 e. The molecule has 4 nitrogen and oxygen atoms in total. The van der Waals surface area contributed by atoms with Crippen LogP contribution in [-0.4, -0.2) is 16.0 Å². The SMILES string of the molecule is CC1CCCC1Nc1nc(N)ncc1F. The van der Waals surface area contributed by atoms with Gasteiger partial charge in [-0.25, -0.2) is 9.37 Å². The van der Waals surface area contributed by atoms with Crippen molar-refractivity contribution in [1.82, 2.24) is 9.97 Å². The first-order valence-electron chi connectivity index (χ1n) is 5.21. The molecular weight excluding hydrogens is 195 g/mol. The quantitative estimate of drug-likeness (QED) is 0.781. The van der Waals surface area contributed by atoms with Gasteiger partial charge in [-0.2, -0.15) is 4.98 Å². The van der Waals surface area contributed by atoms with Crippen LogP contribution in [0.25, 0.3) is 0 Å². The van der Waals surface area contributed by atoms with Crippen LogP contribution in [0.4, 0.5) is 16.2 Å². The molecule has 1 aromatic heterocycles. The average molecular weight is 210 g/mol. The van der Waals surface area contributed by atoms with Crippen molar-refractivity contribution in [1.29, 1.82) is 0 Å². The van der Waals surface area contributed by atoms with Crippen LogP contribution in [0.1, 0.15) is 26.2 Å². The summed E-state index contributed by atoms with van der Waals surface area (Å²) in [6.07, 6.45) is 4.52. The lowest BCUT2D eigenvalue weighted by Crippen LogP contribution is -2.23. The van der Waals surface area contributed by atoms with Gasteiger partial charge in [0.2, 0.25) is 5.95 Å². The number of nitrogens with two attached hydrogens (primary N) is 1. The van der Waals surface area contributed by atoms with E-state index in [9.17, 15) is 4.39 Å². The molecule has 2 atom stereocenters. The van der Waals surface area contributed by atoms with Gasteiger partial charge in [0.25, 0.3) is 0 Å². The zero-order valence-electron chi connectivity index (χ0n) is 8.70. The zero-order valence-corrected chi connectivity index (χ0v) is 8.70. The monoisotopic (exact) mass is 210 g/mol. The van der Waals surface area contributed by atoms with Gasteiger partial charge in [0, 0.05) is 6.04 Å². The Morgan fingerprint density at radius 3 is 3.00 bits per heavy atom. The summed E-state index contributed by atoms with van der Waals surface area (Å²) in [5.74, 6) is 0.440. The molecule has 0 spiro atoms. The van der Waals surface area contributed by atoms with Gasteiger partial charge in [-0.3, -0.25) is 0 Å². The van der Waals surface area contributed by atoms with Crippen LogP contribution in [-0.2, 0) is 0 Å². The molecule has 0 bridgehead atoms. The molecule has 1 fully saturated rings. The second-order valence-corrected chi connectivity index (χ2v) is 4.08. The largest absolute Gasteiger partial charge is 0.368 e. The van der Waals surface area contributed by atoms with Crippen molar-refractivity contribution in [3.63, 3.8) is 0 Å². The molecule has 1 heterocycles. The van der Waals surface area contributed by atoms with Gasteiger partial charge in [0.1, 0.15) is 0 Å². The lowest BCUT2D eigenvalue weighted by molar-refractivity contribution is 0.545. The second-order valence-electron chi connectivity index (χ2n) is 4.08. The third-order valence-corrected chi connectivity index (χ3v) is 2.95. The predicted molar refractivity (Wildman–Crippen MR) is 56.8 cm³/mol. The molecule has 82 valence electrons. The highest BCUT2D eigenvalue weighted by Gasteiger charge is 2.24. The van der Waals surface area contributed by atoms with Gasteiger partial charge in [-0.15, -0.1) is 0 Å². The summed E-state index contributed by atoms with van der Waals surface area (Å²) in [7, 11) is 0. The molecule has 0 aliphatic heterocycles. The van der Waals surface area contributed by atoms with Crippen molar-refractivity contribution in [2.45, 2.75) is 32.2 Å². The van der Waals surface area contributed by atoms with Gasteiger partial charge in [0.05, 0.1) is 6.20 Å². The second kappa shape index (κ2) is 4.00. The van der Waals surface area contributed by atoms with Gasteiger partial charge < -0.3 is 11.1 Å². The van der Waals surface area contributed by atoms with Gasteiger partial charge in [-0.1, -0.05) is 13.3 Å². The summed E-state index contributed by atoms with van der Waals surface area (Å²) in [6.45, 7) is 2.16. The fourth-order valence-electron chi connectivity index (χ4n) is 2.02. The molecule has 1 aromatic rings. The highest BCUT2D eigenvalue weighted by atomic mass is 19.1. The molecule has 1 aliphatic rings. The van der Waals surface area contributed by atoms with E-state index in [0.29, 0.717) is 12.0 Å². The third kappa shape index (κ3) is 2.16. The van der Waals surface area contributed by atoms with Gasteiger partial charge in [-0.05, 0) is 18.8 Å². The van der Waals surface area contributed by atoms with E-state index in [4.69, 9.17) is 5.73 Å². The van der Waals surface area contributed by atoms with E-state index in [1.165, 1.54) is 12.8 Å². The van der Waals surface area contributed by atoms with Gasteiger partial charge in [0.15, 0.2) is 11.6 Å². The van der Waals surface area contributed by atoms with Crippen molar-refractivity contribution in [3.05, 3.63) is 12.0 Å². The molecule has 15 heavy (non-hydrogen) atoms. The maximum Gasteiger partial charge on any atom is 0.222 e. The van der Waals surface area contributed by atoms with Crippen LogP contribution in [0.15, 0.2) is 6.20 Å². The molecule has 5 heteroatoms. The number of hydrogen-bond acceptors (Lipinski definition) is 4. The smallest absolute Gasteiger partial charge is 0.222 e. The Balaban J connectivity index is 2.12. The highest BCUT2D eigenvalue weighted by molar-refractivity contribution is 5.40. The minimum absolute atomic E-state index is 0.101. The minimum atomic E-state index is -0.441. The Labute approximate surface area is 88.1 Å². The molecule has 0 aromatic carbocycles. The summed E-state index contributed by atoms with van der Waals surface area (Å²) in [6, 6.07) is 0.300. The zero-order chi connectivity index (χ0) is 10.8. The predicted octanol–water partition coefficient (Wildman–Crippen LogP) is 1.80. The number of nitrogen functional groups attached to an aromatic ring is 1. The summed E-state index contributed by atoms with van der Waals surface area (Å²) < 4.78 is 13.3. The molecule has 1 aliphatic carbocycles. The summed E-state index contributed by atoms with van der Waals surface area (Å²) in [5.41, 5.74) is 5.41. The molecule has 2 rings (SSSR count). The molecule has 0 radical (unpaired) electrons. The topological polar surface area (TPSA) is 63.8 Å². The Kier molecular flexibility index (Phi) is 2.70. The van der Waals surface area contributed by atoms with Crippen LogP contribution in [0.2, 0.25) is 0 Å². The van der Waals surface area contributed by atoms with E-state index in [0.717, 1.165) is 12.6 Å². The number of nitrogens with zero attached hydrogens (tertiary/aromatic N) is 2. The number of aromatic nitrogens is 2. The van der Waals surface area contributed by atoms with Crippen LogP contribution in [0.3, 0.4) is 0 Å². The van der Waals surface area contributed by atoms with E-state index in [1.807, 2.05) is 0 Å². The Hall–Kier alpha value is -1.39. The first kappa shape index (κ1) is 10.1. The van der Waals surface area contributed by atoms with Crippen molar-refractivity contribution in [3.8, 4) is 0 Å². The standard InChI is InChI=1S/C10H15FN4/c1-6-3-2-4-8(6)14-9-7(11)5-13-10(12)15-9/h5-6,8H,2-4H2,1H3,(H3,12,13,14,15). The Morgan fingerprint density at radius 1 is 1.53 bits per heavy atom. The summed E-state index contributed by atoms with van der Waals surface area (Å²) >= 11 is 0. The number of halogens is 1. The lowest BCUT2D eigenvalue weighted by atomic mass is 10.1. The van der Waals surface area contributed by atoms with Crippen molar-refractivity contribution in [2.75, 3.05) is 11.1 Å². The molecule has 2 unspecified atom stereocenters. The van der Waals surface area contributed by atoms with E-state index in [2.05, 4.69) is 22.2 Å². The highest BCUT2D eigenvalue weighted by Crippen LogP contribution is 2.28. The van der Waals surface area contributed by atoms with Crippen LogP contribution in [0.5, 0.6) is 0 Å². The van der Waals surface area contributed by atoms with Crippen LogP contribution >= 0.6 is 0 Å². The maximum absolute atomic E-state index is 13.3. The fourth-order valence-corrected chi connectivity index (χ4v) is 2.02. The normalized spacial score (nSPS) is 25.5. The van der Waals surface area contributed by atoms with E-state index in [1.54, 1.807) is 0 Å². The van der Waals surface area contributed by atoms with E-state index < -0.39 is 5.82 Å². The molecule has 3 N–H and O–H groups in total. The fraction of sp³-hybridized carbons (Fsp3) is 0.600. The van der Waals surface area contributed by atoms with Gasteiger partial charge >= 0.3 is 0 Å². The van der Waals surface area contributed by atoms with E-state index >= 15 is 0 Å². The first-order valence-corrected chi connectivity index (χ1v) is 5.21. The van der Waals surface area contributed by atoms with E-state index in [-0.39, 0.29) is 11.8 Å². The molecule has 0 amide bonds. The third-order valence-electron chi connectivity index (χ3n) is 2.95. The van der Waals surface area contributed by atoms with Crippen LogP contribution in [0, 0.1) is 11.7 Å². The Morgan fingerprint density at radius 2 is 2.33 bits per heavy atom. The number of hydrogen-bond donors (Lipinski definition) is 2. The van der Waals surface area contributed by atoms with Crippen molar-refractivity contribution >= 4 is 11.8 Å². The molecule has 1 saturated carbocycles. The maximum atomic E-state index is 13.3. The summed E-state index contributed by atoms with van der Waals surface area (Å²) in [5, 5.41) is 3.09.